The number of anilines is 1. The van der Waals surface area contributed by atoms with E-state index in [1.807, 2.05) is 6.07 Å². The van der Waals surface area contributed by atoms with Crippen LogP contribution in [0.5, 0.6) is 0 Å². The molecule has 1 aromatic carbocycles. The lowest BCUT2D eigenvalue weighted by Gasteiger charge is -2.32. The van der Waals surface area contributed by atoms with Crippen LogP contribution in [-0.2, 0) is 6.50 Å². The maximum Gasteiger partial charge on any atom is 0.162 e. The van der Waals surface area contributed by atoms with Crippen LogP contribution in [0.3, 0.4) is 0 Å². The average Bonchev–Trinajstić information content (AvgIpc) is 3.03. The predicted octanol–water partition coefficient (Wildman–Crippen LogP) is 4.60. The maximum absolute atomic E-state index is 9.41. The largest absolute Gasteiger partial charge is 0.367 e. The van der Waals surface area contributed by atoms with E-state index in [1.165, 1.54) is 12.1 Å². The normalized spacial score (nSPS) is 27.1. The molecule has 0 unspecified atom stereocenters. The number of hydrogen-bond acceptors (Lipinski definition) is 6. The van der Waals surface area contributed by atoms with Gasteiger partial charge in [-0.3, -0.25) is 4.90 Å². The van der Waals surface area contributed by atoms with Gasteiger partial charge in [0.2, 0.25) is 0 Å². The number of aryl methyl sites for hydroxylation is 1. The van der Waals surface area contributed by atoms with E-state index in [4.69, 9.17) is 26.7 Å². The quantitative estimate of drug-likeness (QED) is 0.683. The molecule has 1 fully saturated rings. The third-order valence-corrected chi connectivity index (χ3v) is 4.89. The van der Waals surface area contributed by atoms with Gasteiger partial charge in [-0.1, -0.05) is 23.7 Å². The minimum Gasteiger partial charge on any atom is -0.367 e. The fraction of sp³-hybridized carbons (Fsp3) is 0.350. The van der Waals surface area contributed by atoms with Gasteiger partial charge in [0.15, 0.2) is 1.41 Å². The van der Waals surface area contributed by atoms with Crippen LogP contribution in [-0.4, -0.2) is 33.9 Å². The van der Waals surface area contributed by atoms with Crippen molar-refractivity contribution in [1.29, 1.82) is 5.26 Å². The molecule has 0 radical (unpaired) electrons. The lowest BCUT2D eigenvalue weighted by molar-refractivity contribution is 0.211. The Morgan fingerprint density at radius 1 is 1.52 bits per heavy atom. The lowest BCUT2D eigenvalue weighted by Crippen LogP contribution is -2.38. The first kappa shape index (κ1) is 9.33. The molecule has 2 aromatic heterocycles. The Kier molecular flexibility index (Phi) is 2.70. The summed E-state index contributed by atoms with van der Waals surface area (Å²) in [7, 11) is 0. The molecule has 27 heavy (non-hydrogen) atoms. The first-order valence-corrected chi connectivity index (χ1v) is 9.10. The van der Waals surface area contributed by atoms with Gasteiger partial charge in [0, 0.05) is 33.7 Å². The maximum atomic E-state index is 9.41. The highest BCUT2D eigenvalue weighted by Gasteiger charge is 2.20. The molecule has 0 saturated carbocycles. The van der Waals surface area contributed by atoms with Crippen molar-refractivity contribution in [3.63, 3.8) is 0 Å². The Bertz CT molecular complexity index is 1470. The van der Waals surface area contributed by atoms with Gasteiger partial charge in [-0.05, 0) is 43.0 Å². The van der Waals surface area contributed by atoms with Gasteiger partial charge in [-0.25, -0.2) is 9.97 Å². The number of aromatic nitrogens is 2. The minimum absolute atomic E-state index is 0.00305. The van der Waals surface area contributed by atoms with Crippen LogP contribution in [0.2, 0.25) is 5.75 Å². The molecule has 1 saturated heterocycles. The number of thiophene rings is 1. The Balaban J connectivity index is 1.81. The van der Waals surface area contributed by atoms with Crippen molar-refractivity contribution < 1.29 is 15.1 Å². The van der Waals surface area contributed by atoms with E-state index in [1.54, 1.807) is 6.92 Å². The van der Waals surface area contributed by atoms with Gasteiger partial charge in [-0.2, -0.15) is 5.26 Å². The second-order valence-corrected chi connectivity index (χ2v) is 7.27. The molecule has 7 heteroatoms. The average molecular weight is 409 g/mol. The summed E-state index contributed by atoms with van der Waals surface area (Å²) in [5.41, 5.74) is -0.143. The third kappa shape index (κ3) is 4.06. The van der Waals surface area contributed by atoms with Crippen molar-refractivity contribution in [3.8, 4) is 6.07 Å². The third-order valence-electron chi connectivity index (χ3n) is 3.80. The van der Waals surface area contributed by atoms with E-state index in [0.29, 0.717) is 15.8 Å². The highest BCUT2D eigenvalue weighted by Crippen LogP contribution is 2.32. The number of nitrogens with zero attached hydrogens (tertiary/aromatic N) is 4. The highest BCUT2D eigenvalue weighted by molar-refractivity contribution is 7.22. The molecule has 5 nitrogen and oxygen atoms in total. The van der Waals surface area contributed by atoms with E-state index >= 15 is 0 Å². The van der Waals surface area contributed by atoms with Crippen LogP contribution in [0, 0.1) is 18.3 Å². The Morgan fingerprint density at radius 2 is 2.33 bits per heavy atom. The Morgan fingerprint density at radius 3 is 3.11 bits per heavy atom. The summed E-state index contributed by atoms with van der Waals surface area (Å²) in [6, 6.07) is 1.29. The summed E-state index contributed by atoms with van der Waals surface area (Å²) in [5.74, 6) is -0.392. The molecular weight excluding hydrogens is 378 g/mol. The van der Waals surface area contributed by atoms with Gasteiger partial charge in [-0.15, -0.1) is 11.3 Å². The SMILES string of the molecule is [2H]c1nc(N([2H])C2([2H])CC([2H])([2H])N(C([2H])([2H])c3ccc(C)c(C#N)c3[2H])C([2H])([2H])C2)c2c([2H])c(Cl)sc2n1. The van der Waals surface area contributed by atoms with Crippen molar-refractivity contribution in [2.24, 2.45) is 0 Å². The van der Waals surface area contributed by atoms with E-state index in [2.05, 4.69) is 9.97 Å². The van der Waals surface area contributed by atoms with Crippen molar-refractivity contribution in [1.82, 2.24) is 14.9 Å². The van der Waals surface area contributed by atoms with Gasteiger partial charge in [0.25, 0.3) is 0 Å². The molecule has 0 atom stereocenters. The zero-order valence-electron chi connectivity index (χ0n) is 25.1. The first-order chi connectivity index (χ1) is 17.4. The van der Waals surface area contributed by atoms with Crippen LogP contribution in [0.15, 0.2) is 30.5 Å². The second-order valence-electron chi connectivity index (χ2n) is 5.66. The van der Waals surface area contributed by atoms with E-state index in [-0.39, 0.29) is 26.2 Å². The highest BCUT2D eigenvalue weighted by atomic mass is 35.5. The molecule has 0 amide bonds. The summed E-state index contributed by atoms with van der Waals surface area (Å²) in [6.45, 7) is -7.14. The number of nitrogens with one attached hydrogen (secondary N) is 1. The smallest absolute Gasteiger partial charge is 0.162 e. The number of hydrogen-bond donors (Lipinski definition) is 1. The zero-order chi connectivity index (χ0) is 28.6. The molecular formula is C20H20ClN5S. The number of piperidine rings is 1. The monoisotopic (exact) mass is 408 g/mol. The summed E-state index contributed by atoms with van der Waals surface area (Å²) < 4.78 is 94.0. The van der Waals surface area contributed by atoms with E-state index < -0.39 is 62.1 Å². The number of benzene rings is 1. The molecule has 3 heterocycles. The summed E-state index contributed by atoms with van der Waals surface area (Å²) in [4.78, 5) is 8.14. The number of halogens is 1. The Labute approximate surface area is 183 Å². The predicted molar refractivity (Wildman–Crippen MR) is 110 cm³/mol. The molecule has 3 aromatic rings. The number of nitriles is 1. The number of likely N-dealkylation sites (tertiary alicyclic amines) is 1. The van der Waals surface area contributed by atoms with Crippen molar-refractivity contribution in [2.45, 2.75) is 32.3 Å². The van der Waals surface area contributed by atoms with E-state index in [0.717, 1.165) is 11.3 Å². The first-order valence-electron chi connectivity index (χ1n) is 13.4. The van der Waals surface area contributed by atoms with Crippen LogP contribution < -0.4 is 5.31 Å². The minimum atomic E-state index is -2.93. The summed E-state index contributed by atoms with van der Waals surface area (Å²) in [6.07, 6.45) is -2.35. The standard InChI is InChI=1S/C20H20ClN5S/c1-13-2-3-14(8-15(13)10-22)11-26-6-4-16(5-7-26)25-19-17-9-18(21)27-20(17)24-12-23-19/h2-3,8-9,12,16H,4-7,11H2,1H3,(H,23,24,25)/i6D2,7D2,8D,9D,11D2,12D,16D/hD. The molecule has 0 spiro atoms. The topological polar surface area (TPSA) is 64.8 Å². The molecule has 138 valence electrons. The number of rotatable bonds is 4. The van der Waals surface area contributed by atoms with Gasteiger partial charge in [0.1, 0.15) is 18.3 Å². The molecule has 4 rings (SSSR count). The van der Waals surface area contributed by atoms with Gasteiger partial charge in [0.05, 0.1) is 25.5 Å². The molecule has 1 aliphatic heterocycles. The van der Waals surface area contributed by atoms with Crippen molar-refractivity contribution in [2.75, 3.05) is 18.3 Å². The fourth-order valence-corrected chi connectivity index (χ4v) is 3.40. The van der Waals surface area contributed by atoms with Crippen LogP contribution >= 0.6 is 22.9 Å². The number of fused-ring (bicyclic) bond motifs is 1. The molecule has 1 aliphatic rings. The zero-order valence-corrected chi connectivity index (χ0v) is 15.7. The fourth-order valence-electron chi connectivity index (χ4n) is 2.43. The second kappa shape index (κ2) is 7.81. The molecule has 0 bridgehead atoms. The van der Waals surface area contributed by atoms with Crippen molar-refractivity contribution >= 4 is 39.0 Å². The Hall–Kier alpha value is -2.20. The van der Waals surface area contributed by atoms with E-state index in [9.17, 15) is 5.26 Å². The summed E-state index contributed by atoms with van der Waals surface area (Å²) >= 11 is 6.90. The van der Waals surface area contributed by atoms with Crippen LogP contribution in [0.25, 0.3) is 10.2 Å². The van der Waals surface area contributed by atoms with Gasteiger partial charge < -0.3 is 5.31 Å². The summed E-state index contributed by atoms with van der Waals surface area (Å²) in [5, 5.41) is 9.79. The molecule has 1 N–H and O–H groups in total. The molecule has 0 aliphatic carbocycles. The van der Waals surface area contributed by atoms with Gasteiger partial charge >= 0.3 is 0 Å². The van der Waals surface area contributed by atoms with Crippen LogP contribution in [0.1, 0.15) is 43.2 Å². The lowest BCUT2D eigenvalue weighted by atomic mass is 10.0. The van der Waals surface area contributed by atoms with Crippen molar-refractivity contribution in [3.05, 3.63) is 51.5 Å². The van der Waals surface area contributed by atoms with Crippen LogP contribution in [0.4, 0.5) is 5.82 Å².